The molecule has 0 saturated heterocycles. The van der Waals surface area contributed by atoms with Crippen LogP contribution in [0.2, 0.25) is 0 Å². The monoisotopic (exact) mass is 210 g/mol. The number of carbonyl (C=O) groups excluding carboxylic acids is 1. The first kappa shape index (κ1) is 11.0. The fraction of sp³-hybridized carbons (Fsp3) is 0.100. The lowest BCUT2D eigenvalue weighted by atomic mass is 10.1. The number of amides is 1. The maximum atomic E-state index is 13.1. The Kier molecular flexibility index (Phi) is 3.24. The second-order valence-corrected chi connectivity index (χ2v) is 2.73. The van der Waals surface area contributed by atoms with Gasteiger partial charge in [0.1, 0.15) is 11.6 Å². The molecule has 0 aromatic heterocycles. The fourth-order valence-corrected chi connectivity index (χ4v) is 1.02. The van der Waals surface area contributed by atoms with Crippen LogP contribution < -0.4 is 11.1 Å². The van der Waals surface area contributed by atoms with E-state index in [1.54, 1.807) is 0 Å². The van der Waals surface area contributed by atoms with Crippen molar-refractivity contribution in [2.75, 3.05) is 11.9 Å². The molecule has 1 amide bonds. The van der Waals surface area contributed by atoms with E-state index < -0.39 is 17.5 Å². The lowest BCUT2D eigenvalue weighted by Gasteiger charge is -2.06. The predicted octanol–water partition coefficient (Wildman–Crippen LogP) is 1.11. The second kappa shape index (κ2) is 4.42. The van der Waals surface area contributed by atoms with Crippen LogP contribution in [0.15, 0.2) is 12.1 Å². The highest BCUT2D eigenvalue weighted by Gasteiger charge is 2.13. The molecule has 3 N–H and O–H groups in total. The first-order valence-electron chi connectivity index (χ1n) is 4.02. The number of halogens is 2. The zero-order valence-corrected chi connectivity index (χ0v) is 7.68. The molecule has 5 heteroatoms. The van der Waals surface area contributed by atoms with Crippen LogP contribution in [0, 0.1) is 24.0 Å². The Balaban J connectivity index is 3.13. The smallest absolute Gasteiger partial charge is 0.251 e. The van der Waals surface area contributed by atoms with Gasteiger partial charge in [-0.1, -0.05) is 5.92 Å². The number of hydrogen-bond donors (Lipinski definition) is 2. The molecule has 0 atom stereocenters. The summed E-state index contributed by atoms with van der Waals surface area (Å²) in [7, 11) is 0. The standard InChI is InChI=1S/C10H8F2N2O/c1-2-3-14-9-4-6(10(13)15)7(11)5-8(9)12/h1,4-5,14H,3H2,(H2,13,15). The summed E-state index contributed by atoms with van der Waals surface area (Å²) in [5, 5.41) is 2.50. The second-order valence-electron chi connectivity index (χ2n) is 2.73. The van der Waals surface area contributed by atoms with Crippen molar-refractivity contribution < 1.29 is 13.6 Å². The first-order valence-corrected chi connectivity index (χ1v) is 4.02. The summed E-state index contributed by atoms with van der Waals surface area (Å²) in [5.41, 5.74) is 4.46. The Bertz CT molecular complexity index is 438. The summed E-state index contributed by atoms with van der Waals surface area (Å²) in [6.07, 6.45) is 4.95. The summed E-state index contributed by atoms with van der Waals surface area (Å²) >= 11 is 0. The highest BCUT2D eigenvalue weighted by Crippen LogP contribution is 2.18. The van der Waals surface area contributed by atoms with Crippen LogP contribution in [-0.2, 0) is 0 Å². The van der Waals surface area contributed by atoms with Crippen molar-refractivity contribution in [2.24, 2.45) is 5.73 Å². The van der Waals surface area contributed by atoms with E-state index in [1.165, 1.54) is 0 Å². The molecule has 1 rings (SSSR count). The molecular formula is C10H8F2N2O. The van der Waals surface area contributed by atoms with Gasteiger partial charge in [-0.05, 0) is 6.07 Å². The Morgan fingerprint density at radius 3 is 2.67 bits per heavy atom. The van der Waals surface area contributed by atoms with Crippen molar-refractivity contribution >= 4 is 11.6 Å². The molecule has 0 aliphatic heterocycles. The first-order chi connectivity index (χ1) is 7.06. The van der Waals surface area contributed by atoms with Crippen molar-refractivity contribution in [3.8, 4) is 12.3 Å². The quantitative estimate of drug-likeness (QED) is 0.734. The SMILES string of the molecule is C#CCNc1cc(C(N)=O)c(F)cc1F. The summed E-state index contributed by atoms with van der Waals surface area (Å²) < 4.78 is 26.1. The van der Waals surface area contributed by atoms with Crippen LogP contribution in [0.25, 0.3) is 0 Å². The Hall–Kier alpha value is -2.09. The van der Waals surface area contributed by atoms with Crippen molar-refractivity contribution in [1.82, 2.24) is 0 Å². The van der Waals surface area contributed by atoms with Gasteiger partial charge in [0.15, 0.2) is 0 Å². The third-order valence-electron chi connectivity index (χ3n) is 1.70. The molecule has 0 heterocycles. The van der Waals surface area contributed by atoms with E-state index in [1.807, 2.05) is 0 Å². The number of carbonyl (C=O) groups is 1. The molecule has 0 unspecified atom stereocenters. The molecular weight excluding hydrogens is 202 g/mol. The summed E-state index contributed by atoms with van der Waals surface area (Å²) in [4.78, 5) is 10.8. The number of anilines is 1. The predicted molar refractivity (Wildman–Crippen MR) is 52.2 cm³/mol. The average molecular weight is 210 g/mol. The maximum absolute atomic E-state index is 13.1. The molecule has 0 radical (unpaired) electrons. The summed E-state index contributed by atoms with van der Waals surface area (Å²) in [6.45, 7) is 0.0702. The molecule has 0 bridgehead atoms. The van der Waals surface area contributed by atoms with Crippen molar-refractivity contribution in [1.29, 1.82) is 0 Å². The number of primary amides is 1. The van der Waals surface area contributed by atoms with E-state index in [4.69, 9.17) is 12.2 Å². The lowest BCUT2D eigenvalue weighted by molar-refractivity contribution is 0.0996. The third-order valence-corrected chi connectivity index (χ3v) is 1.70. The van der Waals surface area contributed by atoms with Crippen LogP contribution in [0.1, 0.15) is 10.4 Å². The van der Waals surface area contributed by atoms with Crippen LogP contribution in [-0.4, -0.2) is 12.5 Å². The van der Waals surface area contributed by atoms with Crippen LogP contribution in [0.3, 0.4) is 0 Å². The average Bonchev–Trinajstić information content (AvgIpc) is 2.16. The molecule has 78 valence electrons. The van der Waals surface area contributed by atoms with E-state index in [2.05, 4.69) is 11.2 Å². The summed E-state index contributed by atoms with van der Waals surface area (Å²) in [5.74, 6) is -0.563. The van der Waals surface area contributed by atoms with Crippen molar-refractivity contribution in [2.45, 2.75) is 0 Å². The number of hydrogen-bond acceptors (Lipinski definition) is 2. The zero-order chi connectivity index (χ0) is 11.4. The number of nitrogens with two attached hydrogens (primary N) is 1. The topological polar surface area (TPSA) is 55.1 Å². The minimum atomic E-state index is -0.994. The number of rotatable bonds is 3. The highest BCUT2D eigenvalue weighted by atomic mass is 19.1. The van der Waals surface area contributed by atoms with Gasteiger partial charge in [-0.25, -0.2) is 8.78 Å². The number of terminal acetylenes is 1. The van der Waals surface area contributed by atoms with E-state index in [0.717, 1.165) is 6.07 Å². The van der Waals surface area contributed by atoms with Gasteiger partial charge >= 0.3 is 0 Å². The van der Waals surface area contributed by atoms with E-state index in [9.17, 15) is 13.6 Å². The van der Waals surface area contributed by atoms with Gasteiger partial charge in [0.25, 0.3) is 5.91 Å². The number of nitrogens with one attached hydrogen (secondary N) is 1. The van der Waals surface area contributed by atoms with Gasteiger partial charge in [-0.2, -0.15) is 0 Å². The Morgan fingerprint density at radius 2 is 2.13 bits per heavy atom. The van der Waals surface area contributed by atoms with Crippen LogP contribution >= 0.6 is 0 Å². The van der Waals surface area contributed by atoms with Crippen LogP contribution in [0.5, 0.6) is 0 Å². The normalized spacial score (nSPS) is 9.40. The molecule has 0 aliphatic rings. The van der Waals surface area contributed by atoms with Gasteiger partial charge < -0.3 is 11.1 Å². The molecule has 0 aliphatic carbocycles. The van der Waals surface area contributed by atoms with Gasteiger partial charge in [0, 0.05) is 6.07 Å². The summed E-state index contributed by atoms with van der Waals surface area (Å²) in [6, 6.07) is 1.57. The Morgan fingerprint density at radius 1 is 1.47 bits per heavy atom. The molecule has 1 aromatic carbocycles. The molecule has 1 aromatic rings. The molecule has 15 heavy (non-hydrogen) atoms. The zero-order valence-electron chi connectivity index (χ0n) is 7.68. The maximum Gasteiger partial charge on any atom is 0.251 e. The van der Waals surface area contributed by atoms with E-state index in [-0.39, 0.29) is 17.8 Å². The van der Waals surface area contributed by atoms with Gasteiger partial charge in [0.05, 0.1) is 17.8 Å². The lowest BCUT2D eigenvalue weighted by Crippen LogP contribution is -2.14. The molecule has 3 nitrogen and oxygen atoms in total. The van der Waals surface area contributed by atoms with Gasteiger partial charge in [0.2, 0.25) is 0 Å². The third kappa shape index (κ3) is 2.44. The van der Waals surface area contributed by atoms with Crippen molar-refractivity contribution in [3.05, 3.63) is 29.3 Å². The minimum absolute atomic E-state index is 0.0526. The van der Waals surface area contributed by atoms with Gasteiger partial charge in [-0.15, -0.1) is 6.42 Å². The van der Waals surface area contributed by atoms with Crippen LogP contribution in [0.4, 0.5) is 14.5 Å². The highest BCUT2D eigenvalue weighted by molar-refractivity contribution is 5.94. The largest absolute Gasteiger partial charge is 0.372 e. The number of benzene rings is 1. The Labute approximate surface area is 85.3 Å². The minimum Gasteiger partial charge on any atom is -0.372 e. The van der Waals surface area contributed by atoms with E-state index in [0.29, 0.717) is 6.07 Å². The van der Waals surface area contributed by atoms with Gasteiger partial charge in [-0.3, -0.25) is 4.79 Å². The van der Waals surface area contributed by atoms with E-state index >= 15 is 0 Å². The molecule has 0 fully saturated rings. The molecule has 0 saturated carbocycles. The molecule has 0 spiro atoms. The fourth-order valence-electron chi connectivity index (χ4n) is 1.02. The van der Waals surface area contributed by atoms with Crippen molar-refractivity contribution in [3.63, 3.8) is 0 Å².